The molecule has 0 aliphatic heterocycles. The van der Waals surface area contributed by atoms with Gasteiger partial charge in [-0.25, -0.2) is 4.39 Å². The van der Waals surface area contributed by atoms with Gasteiger partial charge in [0, 0.05) is 17.6 Å². The van der Waals surface area contributed by atoms with Crippen molar-refractivity contribution in [2.24, 2.45) is 0 Å². The number of nitrogens with one attached hydrogen (secondary N) is 2. The Labute approximate surface area is 143 Å². The van der Waals surface area contributed by atoms with Crippen LogP contribution in [0.5, 0.6) is 0 Å². The number of halogens is 2. The second-order valence-corrected chi connectivity index (χ2v) is 5.44. The molecule has 0 spiro atoms. The summed E-state index contributed by atoms with van der Waals surface area (Å²) in [6.07, 6.45) is 3.08. The highest BCUT2D eigenvalue weighted by Gasteiger charge is 2.09. The highest BCUT2D eigenvalue weighted by Crippen LogP contribution is 2.21. The number of para-hydroxylation sites is 1. The second kappa shape index (κ2) is 7.10. The van der Waals surface area contributed by atoms with Crippen molar-refractivity contribution in [1.29, 1.82) is 0 Å². The zero-order valence-corrected chi connectivity index (χ0v) is 13.2. The maximum atomic E-state index is 13.2. The van der Waals surface area contributed by atoms with Gasteiger partial charge in [0.2, 0.25) is 0 Å². The Bertz CT molecular complexity index is 871. The van der Waals surface area contributed by atoms with Crippen LogP contribution in [0.25, 0.3) is 0 Å². The van der Waals surface area contributed by atoms with Crippen LogP contribution < -0.4 is 10.6 Å². The fraction of sp³-hybridized carbons (Fsp3) is 0. The number of carbonyl (C=O) groups is 1. The Morgan fingerprint density at radius 3 is 2.50 bits per heavy atom. The topological polar surface area (TPSA) is 54.0 Å². The number of hydrogen-bond donors (Lipinski definition) is 2. The number of amides is 1. The molecule has 2 aromatic carbocycles. The van der Waals surface area contributed by atoms with Crippen molar-refractivity contribution in [2.45, 2.75) is 0 Å². The maximum absolute atomic E-state index is 13.2. The number of benzene rings is 2. The molecular formula is C18H13ClFN3O. The van der Waals surface area contributed by atoms with Gasteiger partial charge in [0.15, 0.2) is 0 Å². The predicted molar refractivity (Wildman–Crippen MR) is 93.3 cm³/mol. The third-order valence-electron chi connectivity index (χ3n) is 3.24. The highest BCUT2D eigenvalue weighted by molar-refractivity contribution is 6.31. The minimum absolute atomic E-state index is 0.0505. The Kier molecular flexibility index (Phi) is 4.72. The van der Waals surface area contributed by atoms with E-state index in [0.29, 0.717) is 16.9 Å². The summed E-state index contributed by atoms with van der Waals surface area (Å²) in [5.41, 5.74) is 2.36. The van der Waals surface area contributed by atoms with E-state index in [-0.39, 0.29) is 10.9 Å². The van der Waals surface area contributed by atoms with E-state index in [4.69, 9.17) is 11.6 Å². The fourth-order valence-electron chi connectivity index (χ4n) is 2.10. The lowest BCUT2D eigenvalue weighted by atomic mass is 10.2. The molecule has 0 fully saturated rings. The number of pyridine rings is 1. The molecule has 0 atom stereocenters. The Morgan fingerprint density at radius 1 is 0.958 bits per heavy atom. The number of nitrogens with zero attached hydrogens (tertiary/aromatic N) is 1. The van der Waals surface area contributed by atoms with Gasteiger partial charge in [0.05, 0.1) is 22.5 Å². The normalized spacial score (nSPS) is 10.2. The minimum atomic E-state index is -0.537. The molecule has 6 heteroatoms. The molecule has 1 heterocycles. The summed E-state index contributed by atoms with van der Waals surface area (Å²) in [4.78, 5) is 16.4. The SMILES string of the molecule is O=C(Nc1ccc(F)c(Cl)c1)c1cncc(Nc2ccccc2)c1. The van der Waals surface area contributed by atoms with E-state index in [2.05, 4.69) is 15.6 Å². The first kappa shape index (κ1) is 16.0. The van der Waals surface area contributed by atoms with Crippen molar-refractivity contribution in [2.75, 3.05) is 10.6 Å². The van der Waals surface area contributed by atoms with E-state index in [0.717, 1.165) is 5.69 Å². The van der Waals surface area contributed by atoms with E-state index >= 15 is 0 Å². The van der Waals surface area contributed by atoms with Gasteiger partial charge in [0.1, 0.15) is 5.82 Å². The van der Waals surface area contributed by atoms with E-state index in [1.165, 1.54) is 24.4 Å². The molecule has 120 valence electrons. The zero-order chi connectivity index (χ0) is 16.9. The summed E-state index contributed by atoms with van der Waals surface area (Å²) in [7, 11) is 0. The van der Waals surface area contributed by atoms with Crippen LogP contribution in [-0.4, -0.2) is 10.9 Å². The van der Waals surface area contributed by atoms with E-state index < -0.39 is 5.82 Å². The van der Waals surface area contributed by atoms with Crippen LogP contribution in [0.15, 0.2) is 67.0 Å². The third kappa shape index (κ3) is 3.88. The summed E-state index contributed by atoms with van der Waals surface area (Å²) in [5, 5.41) is 5.78. The van der Waals surface area contributed by atoms with Crippen LogP contribution in [0.2, 0.25) is 5.02 Å². The number of hydrogen-bond acceptors (Lipinski definition) is 3. The maximum Gasteiger partial charge on any atom is 0.257 e. The second-order valence-electron chi connectivity index (χ2n) is 5.04. The molecule has 2 N–H and O–H groups in total. The number of carbonyl (C=O) groups excluding carboxylic acids is 1. The fourth-order valence-corrected chi connectivity index (χ4v) is 2.28. The van der Waals surface area contributed by atoms with Crippen LogP contribution in [0.3, 0.4) is 0 Å². The monoisotopic (exact) mass is 341 g/mol. The number of anilines is 3. The van der Waals surface area contributed by atoms with Crippen molar-refractivity contribution < 1.29 is 9.18 Å². The Balaban J connectivity index is 1.75. The van der Waals surface area contributed by atoms with Crippen molar-refractivity contribution in [3.8, 4) is 0 Å². The zero-order valence-electron chi connectivity index (χ0n) is 12.5. The molecule has 0 saturated carbocycles. The van der Waals surface area contributed by atoms with Gasteiger partial charge in [-0.15, -0.1) is 0 Å². The van der Waals surface area contributed by atoms with Crippen molar-refractivity contribution >= 4 is 34.6 Å². The quantitative estimate of drug-likeness (QED) is 0.711. The van der Waals surface area contributed by atoms with E-state index in [1.54, 1.807) is 12.3 Å². The first-order valence-electron chi connectivity index (χ1n) is 7.15. The Hall–Kier alpha value is -2.92. The highest BCUT2D eigenvalue weighted by atomic mass is 35.5. The molecule has 0 aliphatic rings. The number of rotatable bonds is 4. The molecule has 3 aromatic rings. The molecule has 0 bridgehead atoms. The Morgan fingerprint density at radius 2 is 1.75 bits per heavy atom. The van der Waals surface area contributed by atoms with Gasteiger partial charge >= 0.3 is 0 Å². The molecule has 0 radical (unpaired) electrons. The minimum Gasteiger partial charge on any atom is -0.354 e. The first-order chi connectivity index (χ1) is 11.6. The van der Waals surface area contributed by atoms with Gasteiger partial charge in [-0.1, -0.05) is 29.8 Å². The van der Waals surface area contributed by atoms with Crippen molar-refractivity contribution in [3.63, 3.8) is 0 Å². The van der Waals surface area contributed by atoms with Crippen molar-refractivity contribution in [1.82, 2.24) is 4.98 Å². The van der Waals surface area contributed by atoms with Gasteiger partial charge in [0.25, 0.3) is 5.91 Å². The molecule has 0 aliphatic carbocycles. The molecular weight excluding hydrogens is 329 g/mol. The molecule has 1 amide bonds. The van der Waals surface area contributed by atoms with Crippen LogP contribution >= 0.6 is 11.6 Å². The summed E-state index contributed by atoms with van der Waals surface area (Å²) in [5.74, 6) is -0.896. The lowest BCUT2D eigenvalue weighted by Crippen LogP contribution is -2.12. The first-order valence-corrected chi connectivity index (χ1v) is 7.53. The summed E-state index contributed by atoms with van der Waals surface area (Å²) < 4.78 is 13.2. The molecule has 1 aromatic heterocycles. The lowest BCUT2D eigenvalue weighted by Gasteiger charge is -2.09. The summed E-state index contributed by atoms with van der Waals surface area (Å²) >= 11 is 5.71. The van der Waals surface area contributed by atoms with Gasteiger partial charge in [-0.2, -0.15) is 0 Å². The largest absolute Gasteiger partial charge is 0.354 e. The van der Waals surface area contributed by atoms with Crippen LogP contribution in [0, 0.1) is 5.82 Å². The van der Waals surface area contributed by atoms with E-state index in [9.17, 15) is 9.18 Å². The summed E-state index contributed by atoms with van der Waals surface area (Å²) in [6.45, 7) is 0. The molecule has 24 heavy (non-hydrogen) atoms. The molecule has 0 unspecified atom stereocenters. The van der Waals surface area contributed by atoms with E-state index in [1.807, 2.05) is 30.3 Å². The molecule has 0 saturated heterocycles. The average Bonchev–Trinajstić information content (AvgIpc) is 2.59. The third-order valence-corrected chi connectivity index (χ3v) is 3.53. The van der Waals surface area contributed by atoms with Crippen LogP contribution in [-0.2, 0) is 0 Å². The summed E-state index contributed by atoms with van der Waals surface area (Å²) in [6, 6.07) is 15.2. The lowest BCUT2D eigenvalue weighted by molar-refractivity contribution is 0.102. The van der Waals surface area contributed by atoms with Crippen LogP contribution in [0.4, 0.5) is 21.5 Å². The van der Waals surface area contributed by atoms with Crippen LogP contribution in [0.1, 0.15) is 10.4 Å². The standard InChI is InChI=1S/C18H13ClFN3O/c19-16-9-14(6-7-17(16)20)23-18(24)12-8-15(11-21-10-12)22-13-4-2-1-3-5-13/h1-11,22H,(H,23,24). The average molecular weight is 342 g/mol. The predicted octanol–water partition coefficient (Wildman–Crippen LogP) is 4.87. The van der Waals surface area contributed by atoms with Gasteiger partial charge < -0.3 is 10.6 Å². The molecule has 3 rings (SSSR count). The van der Waals surface area contributed by atoms with Gasteiger partial charge in [-0.05, 0) is 36.4 Å². The molecule has 4 nitrogen and oxygen atoms in total. The smallest absolute Gasteiger partial charge is 0.257 e. The number of aromatic nitrogens is 1. The van der Waals surface area contributed by atoms with Gasteiger partial charge in [-0.3, -0.25) is 9.78 Å². The van der Waals surface area contributed by atoms with Crippen molar-refractivity contribution in [3.05, 3.63) is 83.4 Å².